The van der Waals surface area contributed by atoms with Crippen LogP contribution in [0.2, 0.25) is 0 Å². The molecule has 14 heteroatoms. The maximum atomic E-state index is 14.1. The molecule has 314 valence electrons. The molecular weight excluding hydrogens is 831 g/mol. The quantitative estimate of drug-likeness (QED) is 0.0528. The van der Waals surface area contributed by atoms with Gasteiger partial charge in [0.25, 0.3) is 0 Å². The molecule has 0 heterocycles. The Morgan fingerprint density at radius 2 is 0.694 bits per heavy atom. The minimum Gasteiger partial charge on any atom is -0.457 e. The van der Waals surface area contributed by atoms with E-state index in [0.29, 0.717) is 11.1 Å². The van der Waals surface area contributed by atoms with Crippen molar-refractivity contribution >= 4 is 11.9 Å². The van der Waals surface area contributed by atoms with E-state index in [9.17, 15) is 53.5 Å². The van der Waals surface area contributed by atoms with E-state index in [1.54, 1.807) is 12.1 Å². The molecule has 0 amide bonds. The molecule has 0 unspecified atom stereocenters. The zero-order valence-corrected chi connectivity index (χ0v) is 32.8. The summed E-state index contributed by atoms with van der Waals surface area (Å²) < 4.78 is 148. The van der Waals surface area contributed by atoms with Crippen LogP contribution in [0.25, 0.3) is 11.1 Å². The van der Waals surface area contributed by atoms with Crippen molar-refractivity contribution in [2.24, 2.45) is 0 Å². The van der Waals surface area contributed by atoms with E-state index in [1.807, 2.05) is 52.0 Å². The number of carbonyl (C=O) groups is 2. The molecule has 0 atom stereocenters. The lowest BCUT2D eigenvalue weighted by Crippen LogP contribution is -2.12. The standard InChI is InChI=1S/C48H28F10O4/c1-23-17-27(13-15-29-9-5-7-11-31(29)47(59)61-21-33-37(49)41(53)45(57)42(54)38(33)50)18-24(2)35(23)36-25(3)19-28(20-26(36)4)14-16-30-10-6-8-12-32(30)48(60)62-22-34-39(51)43(55)46(58)44(56)40(34)52/h5-12,17-20H,21-22H2,1-4H3. The van der Waals surface area contributed by atoms with Crippen molar-refractivity contribution in [1.29, 1.82) is 0 Å². The maximum absolute atomic E-state index is 14.1. The first-order chi connectivity index (χ1) is 29.4. The number of carbonyl (C=O) groups excluding carboxylic acids is 2. The number of benzene rings is 6. The summed E-state index contributed by atoms with van der Waals surface area (Å²) in [6.07, 6.45) is 0. The van der Waals surface area contributed by atoms with Crippen LogP contribution in [0.3, 0.4) is 0 Å². The van der Waals surface area contributed by atoms with Crippen LogP contribution in [0.4, 0.5) is 43.9 Å². The highest BCUT2D eigenvalue weighted by Crippen LogP contribution is 2.34. The summed E-state index contributed by atoms with van der Waals surface area (Å²) in [7, 11) is 0. The average molecular weight is 859 g/mol. The van der Waals surface area contributed by atoms with Gasteiger partial charge < -0.3 is 9.47 Å². The lowest BCUT2D eigenvalue weighted by atomic mass is 9.87. The van der Waals surface area contributed by atoms with Crippen LogP contribution in [0.15, 0.2) is 72.8 Å². The van der Waals surface area contributed by atoms with Gasteiger partial charge in [0.15, 0.2) is 46.5 Å². The molecule has 0 aliphatic heterocycles. The smallest absolute Gasteiger partial charge is 0.339 e. The number of rotatable bonds is 7. The molecule has 4 nitrogen and oxygen atoms in total. The Bertz CT molecular complexity index is 2670. The van der Waals surface area contributed by atoms with E-state index >= 15 is 0 Å². The highest BCUT2D eigenvalue weighted by atomic mass is 19.2. The highest BCUT2D eigenvalue weighted by molar-refractivity contribution is 5.93. The number of esters is 2. The SMILES string of the molecule is Cc1cc(C#Cc2ccccc2C(=O)OCc2c(F)c(F)c(F)c(F)c2F)cc(C)c1-c1c(C)cc(C#Cc2ccccc2C(=O)OCc2c(F)c(F)c(F)c(F)c2F)cc1C. The number of aryl methyl sites for hydroxylation is 4. The largest absolute Gasteiger partial charge is 0.457 e. The van der Waals surface area contributed by atoms with E-state index in [-0.39, 0.29) is 22.3 Å². The van der Waals surface area contributed by atoms with Crippen LogP contribution in [-0.4, -0.2) is 11.9 Å². The molecule has 0 bridgehead atoms. The first kappa shape index (κ1) is 44.2. The van der Waals surface area contributed by atoms with Gasteiger partial charge in [-0.2, -0.15) is 0 Å². The number of hydrogen-bond acceptors (Lipinski definition) is 4. The molecule has 0 aromatic heterocycles. The summed E-state index contributed by atoms with van der Waals surface area (Å²) >= 11 is 0. The molecule has 0 saturated heterocycles. The Morgan fingerprint density at radius 3 is 1.00 bits per heavy atom. The Kier molecular flexibility index (Phi) is 12.9. The van der Waals surface area contributed by atoms with Crippen molar-refractivity contribution in [2.75, 3.05) is 0 Å². The molecule has 6 rings (SSSR count). The minimum absolute atomic E-state index is 0.113. The molecule has 6 aromatic carbocycles. The van der Waals surface area contributed by atoms with Crippen LogP contribution in [0.5, 0.6) is 0 Å². The third-order valence-electron chi connectivity index (χ3n) is 9.59. The van der Waals surface area contributed by atoms with Gasteiger partial charge in [0.2, 0.25) is 11.6 Å². The first-order valence-electron chi connectivity index (χ1n) is 18.2. The molecule has 0 N–H and O–H groups in total. The summed E-state index contributed by atoms with van der Waals surface area (Å²) in [4.78, 5) is 25.8. The fraction of sp³-hybridized carbons (Fsp3) is 0.125. The molecule has 0 aliphatic carbocycles. The zero-order valence-electron chi connectivity index (χ0n) is 32.8. The van der Waals surface area contributed by atoms with Gasteiger partial charge in [-0.1, -0.05) is 47.9 Å². The molecule has 0 aliphatic rings. The monoisotopic (exact) mass is 858 g/mol. The zero-order chi connectivity index (χ0) is 45.2. The molecule has 6 aromatic rings. The Balaban J connectivity index is 1.20. The summed E-state index contributed by atoms with van der Waals surface area (Å²) in [5, 5.41) is 0. The molecule has 62 heavy (non-hydrogen) atoms. The summed E-state index contributed by atoms with van der Waals surface area (Å²) in [6.45, 7) is 5.07. The van der Waals surface area contributed by atoms with E-state index < -0.39 is 94.5 Å². The van der Waals surface area contributed by atoms with Crippen molar-refractivity contribution in [3.05, 3.63) is 198 Å². The van der Waals surface area contributed by atoms with Crippen LogP contribution in [0, 0.1) is 110 Å². The lowest BCUT2D eigenvalue weighted by Gasteiger charge is -2.17. The van der Waals surface area contributed by atoms with Gasteiger partial charge in [-0.25, -0.2) is 53.5 Å². The second-order valence-electron chi connectivity index (χ2n) is 13.8. The average Bonchev–Trinajstić information content (AvgIpc) is 3.25. The highest BCUT2D eigenvalue weighted by Gasteiger charge is 2.28. The Hall–Kier alpha value is -7.32. The van der Waals surface area contributed by atoms with Crippen LogP contribution in [-0.2, 0) is 22.7 Å². The predicted molar refractivity (Wildman–Crippen MR) is 206 cm³/mol. The third kappa shape index (κ3) is 8.77. The van der Waals surface area contributed by atoms with Gasteiger partial charge in [0, 0.05) is 22.3 Å². The second kappa shape index (κ2) is 18.1. The van der Waals surface area contributed by atoms with Crippen molar-refractivity contribution in [3.8, 4) is 34.8 Å². The predicted octanol–water partition coefficient (Wildman–Crippen LogP) is 11.5. The lowest BCUT2D eigenvalue weighted by molar-refractivity contribution is 0.0452. The molecule has 0 fully saturated rings. The molecular formula is C48H28F10O4. The van der Waals surface area contributed by atoms with Gasteiger partial charge in [0.05, 0.1) is 22.3 Å². The number of ether oxygens (including phenoxy) is 2. The minimum atomic E-state index is -2.34. The number of hydrogen-bond donors (Lipinski definition) is 0. The summed E-state index contributed by atoms with van der Waals surface area (Å²) in [5.74, 6) is -12.3. The van der Waals surface area contributed by atoms with Crippen LogP contribution in [0.1, 0.15) is 76.4 Å². The van der Waals surface area contributed by atoms with Crippen LogP contribution >= 0.6 is 0 Å². The van der Waals surface area contributed by atoms with E-state index in [2.05, 4.69) is 23.7 Å². The topological polar surface area (TPSA) is 52.6 Å². The second-order valence-corrected chi connectivity index (χ2v) is 13.8. The van der Waals surface area contributed by atoms with E-state index in [0.717, 1.165) is 33.4 Å². The summed E-state index contributed by atoms with van der Waals surface area (Å²) in [6, 6.07) is 19.1. The van der Waals surface area contributed by atoms with Gasteiger partial charge in [-0.3, -0.25) is 0 Å². The van der Waals surface area contributed by atoms with Crippen molar-refractivity contribution < 1.29 is 63.0 Å². The van der Waals surface area contributed by atoms with Gasteiger partial charge >= 0.3 is 11.9 Å². The molecule has 0 spiro atoms. The van der Waals surface area contributed by atoms with Crippen molar-refractivity contribution in [3.63, 3.8) is 0 Å². The normalized spacial score (nSPS) is 10.7. The third-order valence-corrected chi connectivity index (χ3v) is 9.59. The van der Waals surface area contributed by atoms with Crippen molar-refractivity contribution in [2.45, 2.75) is 40.9 Å². The van der Waals surface area contributed by atoms with Crippen molar-refractivity contribution in [1.82, 2.24) is 0 Å². The number of halogens is 10. The van der Waals surface area contributed by atoms with Gasteiger partial charge in [-0.15, -0.1) is 0 Å². The first-order valence-corrected chi connectivity index (χ1v) is 18.2. The fourth-order valence-corrected chi connectivity index (χ4v) is 6.66. The molecule has 0 radical (unpaired) electrons. The van der Waals surface area contributed by atoms with E-state index in [1.165, 1.54) is 36.4 Å². The van der Waals surface area contributed by atoms with Crippen LogP contribution < -0.4 is 0 Å². The Morgan fingerprint density at radius 1 is 0.419 bits per heavy atom. The maximum Gasteiger partial charge on any atom is 0.339 e. The fourth-order valence-electron chi connectivity index (χ4n) is 6.66. The Labute approximate surface area is 347 Å². The van der Waals surface area contributed by atoms with Gasteiger partial charge in [-0.05, 0) is 110 Å². The molecule has 0 saturated carbocycles. The van der Waals surface area contributed by atoms with E-state index in [4.69, 9.17) is 9.47 Å². The van der Waals surface area contributed by atoms with Gasteiger partial charge in [0.1, 0.15) is 13.2 Å². The summed E-state index contributed by atoms with van der Waals surface area (Å²) in [5.41, 5.74) is 3.81.